The van der Waals surface area contributed by atoms with Crippen LogP contribution in [0.1, 0.15) is 11.3 Å². The summed E-state index contributed by atoms with van der Waals surface area (Å²) in [5.74, 6) is 0. The Morgan fingerprint density at radius 2 is 2.00 bits per heavy atom. The predicted octanol–water partition coefficient (Wildman–Crippen LogP) is 3.34. The van der Waals surface area contributed by atoms with Crippen LogP contribution in [0.3, 0.4) is 0 Å². The van der Waals surface area contributed by atoms with Gasteiger partial charge in [-0.1, -0.05) is 23.2 Å². The molecule has 2 aromatic rings. The molecule has 0 fully saturated rings. The number of halogens is 2. The quantitative estimate of drug-likeness (QED) is 0.895. The van der Waals surface area contributed by atoms with Crippen molar-refractivity contribution in [2.75, 3.05) is 0 Å². The van der Waals surface area contributed by atoms with E-state index in [1.54, 1.807) is 12.1 Å². The van der Waals surface area contributed by atoms with E-state index in [1.165, 1.54) is 0 Å². The third-order valence-electron chi connectivity index (χ3n) is 2.43. The minimum Gasteiger partial charge on any atom is -0.390 e. The highest BCUT2D eigenvalue weighted by Crippen LogP contribution is 2.22. The first-order valence-corrected chi connectivity index (χ1v) is 5.65. The average Bonchev–Trinajstić information content (AvgIpc) is 2.71. The molecule has 0 amide bonds. The van der Waals surface area contributed by atoms with E-state index in [0.717, 1.165) is 11.3 Å². The van der Waals surface area contributed by atoms with Gasteiger partial charge in [-0.2, -0.15) is 0 Å². The highest BCUT2D eigenvalue weighted by Gasteiger charge is 2.04. The third-order valence-corrected chi connectivity index (χ3v) is 3.04. The van der Waals surface area contributed by atoms with Crippen LogP contribution >= 0.6 is 23.2 Å². The van der Waals surface area contributed by atoms with Crippen molar-refractivity contribution < 1.29 is 5.11 Å². The lowest BCUT2D eigenvalue weighted by atomic mass is 10.2. The summed E-state index contributed by atoms with van der Waals surface area (Å²) in [7, 11) is 0. The van der Waals surface area contributed by atoms with E-state index in [-0.39, 0.29) is 6.61 Å². The van der Waals surface area contributed by atoms with Gasteiger partial charge < -0.3 is 9.67 Å². The van der Waals surface area contributed by atoms with Crippen LogP contribution in [0, 0.1) is 0 Å². The van der Waals surface area contributed by atoms with Gasteiger partial charge in [0.1, 0.15) is 0 Å². The van der Waals surface area contributed by atoms with E-state index in [4.69, 9.17) is 28.3 Å². The van der Waals surface area contributed by atoms with Crippen molar-refractivity contribution in [1.82, 2.24) is 4.57 Å². The predicted molar refractivity (Wildman–Crippen MR) is 65.9 cm³/mol. The Morgan fingerprint density at radius 3 is 2.75 bits per heavy atom. The van der Waals surface area contributed by atoms with Crippen molar-refractivity contribution in [3.05, 3.63) is 57.8 Å². The Morgan fingerprint density at radius 1 is 1.19 bits per heavy atom. The van der Waals surface area contributed by atoms with Crippen LogP contribution in [0.2, 0.25) is 10.0 Å². The molecule has 0 atom stereocenters. The largest absolute Gasteiger partial charge is 0.390 e. The number of aliphatic hydroxyl groups is 1. The van der Waals surface area contributed by atoms with Crippen LogP contribution in [-0.4, -0.2) is 9.67 Å². The van der Waals surface area contributed by atoms with Crippen molar-refractivity contribution in [2.24, 2.45) is 0 Å². The Kier molecular flexibility index (Phi) is 3.54. The van der Waals surface area contributed by atoms with Crippen molar-refractivity contribution in [1.29, 1.82) is 0 Å². The van der Waals surface area contributed by atoms with Crippen molar-refractivity contribution in [3.8, 4) is 0 Å². The molecule has 0 radical (unpaired) electrons. The summed E-state index contributed by atoms with van der Waals surface area (Å²) in [6.07, 6.45) is 1.91. The highest BCUT2D eigenvalue weighted by molar-refractivity contribution is 6.33. The normalized spacial score (nSPS) is 10.7. The number of benzene rings is 1. The molecule has 4 heteroatoms. The maximum absolute atomic E-state index is 9.13. The minimum absolute atomic E-state index is 0.0190. The zero-order valence-electron chi connectivity index (χ0n) is 8.53. The van der Waals surface area contributed by atoms with E-state index in [0.29, 0.717) is 16.6 Å². The number of aliphatic hydroxyl groups excluding tert-OH is 1. The molecule has 1 N–H and O–H groups in total. The van der Waals surface area contributed by atoms with E-state index < -0.39 is 0 Å². The maximum atomic E-state index is 9.13. The van der Waals surface area contributed by atoms with Gasteiger partial charge in [-0.05, 0) is 35.9 Å². The van der Waals surface area contributed by atoms with E-state index in [2.05, 4.69) is 0 Å². The van der Waals surface area contributed by atoms with Crippen molar-refractivity contribution >= 4 is 23.2 Å². The van der Waals surface area contributed by atoms with Crippen LogP contribution in [0.25, 0.3) is 0 Å². The first-order valence-electron chi connectivity index (χ1n) is 4.89. The van der Waals surface area contributed by atoms with Gasteiger partial charge in [-0.15, -0.1) is 0 Å². The Bertz CT molecular complexity index is 494. The maximum Gasteiger partial charge on any atom is 0.0832 e. The summed E-state index contributed by atoms with van der Waals surface area (Å²) >= 11 is 12.0. The molecule has 16 heavy (non-hydrogen) atoms. The Hall–Kier alpha value is -0.960. The Labute approximate surface area is 104 Å². The molecule has 0 spiro atoms. The molecule has 0 bridgehead atoms. The van der Waals surface area contributed by atoms with E-state index in [1.807, 2.05) is 29.0 Å². The van der Waals surface area contributed by atoms with Crippen LogP contribution < -0.4 is 0 Å². The fraction of sp³-hybridized carbons (Fsp3) is 0.167. The zero-order valence-corrected chi connectivity index (χ0v) is 10.0. The smallest absolute Gasteiger partial charge is 0.0832 e. The lowest BCUT2D eigenvalue weighted by Crippen LogP contribution is -2.03. The Balaban J connectivity index is 2.30. The molecule has 2 rings (SSSR count). The lowest BCUT2D eigenvalue weighted by molar-refractivity contribution is 0.271. The molecule has 84 valence electrons. The zero-order chi connectivity index (χ0) is 11.5. The summed E-state index contributed by atoms with van der Waals surface area (Å²) in [4.78, 5) is 0. The van der Waals surface area contributed by atoms with Gasteiger partial charge >= 0.3 is 0 Å². The highest BCUT2D eigenvalue weighted by atomic mass is 35.5. The van der Waals surface area contributed by atoms with Gasteiger partial charge in [0, 0.05) is 28.5 Å². The third kappa shape index (κ3) is 2.40. The van der Waals surface area contributed by atoms with Gasteiger partial charge in [0.25, 0.3) is 0 Å². The second kappa shape index (κ2) is 4.91. The molecular formula is C12H11Cl2NO. The first-order chi connectivity index (χ1) is 7.70. The summed E-state index contributed by atoms with van der Waals surface area (Å²) < 4.78 is 1.94. The molecule has 0 saturated carbocycles. The molecule has 0 aliphatic rings. The lowest BCUT2D eigenvalue weighted by Gasteiger charge is -2.09. The summed E-state index contributed by atoms with van der Waals surface area (Å²) in [6.45, 7) is 0.632. The van der Waals surface area contributed by atoms with Crippen LogP contribution in [0.4, 0.5) is 0 Å². The minimum atomic E-state index is 0.0190. The van der Waals surface area contributed by atoms with Gasteiger partial charge in [0.2, 0.25) is 0 Å². The fourth-order valence-electron chi connectivity index (χ4n) is 1.60. The standard InChI is InChI=1S/C12H11Cl2NO/c13-10-3-4-12(14)9(6-10)7-15-5-1-2-11(15)8-16/h1-6,16H,7-8H2. The number of hydrogen-bond acceptors (Lipinski definition) is 1. The second-order valence-corrected chi connectivity index (χ2v) is 4.36. The van der Waals surface area contributed by atoms with Crippen molar-refractivity contribution in [2.45, 2.75) is 13.2 Å². The van der Waals surface area contributed by atoms with Crippen LogP contribution in [0.15, 0.2) is 36.5 Å². The number of rotatable bonds is 3. The first kappa shape index (κ1) is 11.5. The molecule has 0 aliphatic heterocycles. The molecule has 0 saturated heterocycles. The average molecular weight is 256 g/mol. The molecule has 1 aromatic carbocycles. The topological polar surface area (TPSA) is 25.2 Å². The van der Waals surface area contributed by atoms with Gasteiger partial charge in [0.05, 0.1) is 6.61 Å². The van der Waals surface area contributed by atoms with E-state index >= 15 is 0 Å². The fourth-order valence-corrected chi connectivity index (χ4v) is 1.97. The summed E-state index contributed by atoms with van der Waals surface area (Å²) in [6, 6.07) is 9.14. The number of hydrogen-bond donors (Lipinski definition) is 1. The summed E-state index contributed by atoms with van der Waals surface area (Å²) in [5.41, 5.74) is 1.80. The van der Waals surface area contributed by atoms with Crippen LogP contribution in [0.5, 0.6) is 0 Å². The van der Waals surface area contributed by atoms with Gasteiger partial charge in [-0.25, -0.2) is 0 Å². The number of aromatic nitrogens is 1. The van der Waals surface area contributed by atoms with Gasteiger partial charge in [0.15, 0.2) is 0 Å². The SMILES string of the molecule is OCc1cccn1Cc1cc(Cl)ccc1Cl. The second-order valence-electron chi connectivity index (χ2n) is 3.52. The number of nitrogens with zero attached hydrogens (tertiary/aromatic N) is 1. The molecule has 0 unspecified atom stereocenters. The molecule has 2 nitrogen and oxygen atoms in total. The molecular weight excluding hydrogens is 245 g/mol. The molecule has 1 heterocycles. The summed E-state index contributed by atoms with van der Waals surface area (Å²) in [5, 5.41) is 10.5. The van der Waals surface area contributed by atoms with Crippen molar-refractivity contribution in [3.63, 3.8) is 0 Å². The van der Waals surface area contributed by atoms with Crippen LogP contribution in [-0.2, 0) is 13.2 Å². The monoisotopic (exact) mass is 255 g/mol. The van der Waals surface area contributed by atoms with Gasteiger partial charge in [-0.3, -0.25) is 0 Å². The molecule has 1 aromatic heterocycles. The molecule has 0 aliphatic carbocycles. The van der Waals surface area contributed by atoms with E-state index in [9.17, 15) is 0 Å².